The molecule has 20 heavy (non-hydrogen) atoms. The van der Waals surface area contributed by atoms with Gasteiger partial charge in [0, 0.05) is 24.8 Å². The van der Waals surface area contributed by atoms with Crippen LogP contribution in [0.4, 0.5) is 0 Å². The van der Waals surface area contributed by atoms with E-state index in [0.717, 1.165) is 12.2 Å². The predicted octanol–water partition coefficient (Wildman–Crippen LogP) is 3.16. The zero-order valence-corrected chi connectivity index (χ0v) is 13.0. The smallest absolute Gasteiger partial charge is 0.0570 e. The highest BCUT2D eigenvalue weighted by molar-refractivity contribution is 5.08. The normalized spacial score (nSPS) is 18.8. The molecule has 0 bridgehead atoms. The van der Waals surface area contributed by atoms with Gasteiger partial charge in [-0.15, -0.1) is 0 Å². The molecule has 1 atom stereocenters. The Balaban J connectivity index is 1.76. The van der Waals surface area contributed by atoms with Crippen molar-refractivity contribution in [3.63, 3.8) is 0 Å². The van der Waals surface area contributed by atoms with Crippen molar-refractivity contribution in [3.05, 3.63) is 41.7 Å². The standard InChI is InChI=1S/C17H27N3/c1-14(2)7-11-20-12-8-16(9-13-20)19-15(3)17-6-4-5-10-18-17/h4-7,10,15-16,19H,8-9,11-13H2,1-3H3/t15-/m0/s1. The van der Waals surface area contributed by atoms with E-state index in [4.69, 9.17) is 0 Å². The molecule has 0 aliphatic carbocycles. The first-order chi connectivity index (χ1) is 9.65. The molecule has 0 spiro atoms. The second kappa shape index (κ2) is 7.55. The van der Waals surface area contributed by atoms with E-state index in [2.05, 4.69) is 54.2 Å². The Morgan fingerprint density at radius 1 is 1.40 bits per heavy atom. The van der Waals surface area contributed by atoms with E-state index in [9.17, 15) is 0 Å². The van der Waals surface area contributed by atoms with Gasteiger partial charge in [0.05, 0.1) is 5.69 Å². The lowest BCUT2D eigenvalue weighted by molar-refractivity contribution is 0.208. The summed E-state index contributed by atoms with van der Waals surface area (Å²) >= 11 is 0. The summed E-state index contributed by atoms with van der Waals surface area (Å²) in [6.07, 6.45) is 6.65. The molecule has 0 amide bonds. The van der Waals surface area contributed by atoms with Crippen molar-refractivity contribution in [3.8, 4) is 0 Å². The van der Waals surface area contributed by atoms with Gasteiger partial charge >= 0.3 is 0 Å². The predicted molar refractivity (Wildman–Crippen MR) is 84.7 cm³/mol. The number of pyridine rings is 1. The van der Waals surface area contributed by atoms with E-state index in [1.54, 1.807) is 0 Å². The number of rotatable bonds is 5. The summed E-state index contributed by atoms with van der Waals surface area (Å²) in [5, 5.41) is 3.72. The number of nitrogens with one attached hydrogen (secondary N) is 1. The van der Waals surface area contributed by atoms with Crippen LogP contribution in [0.5, 0.6) is 0 Å². The van der Waals surface area contributed by atoms with E-state index in [1.807, 2.05) is 12.3 Å². The van der Waals surface area contributed by atoms with Crippen molar-refractivity contribution in [1.29, 1.82) is 0 Å². The molecule has 0 saturated carbocycles. The third-order valence-corrected chi connectivity index (χ3v) is 3.96. The van der Waals surface area contributed by atoms with Crippen LogP contribution in [0, 0.1) is 0 Å². The van der Waals surface area contributed by atoms with Gasteiger partial charge in [-0.2, -0.15) is 0 Å². The van der Waals surface area contributed by atoms with E-state index in [0.29, 0.717) is 12.1 Å². The Bertz CT molecular complexity index is 415. The molecular formula is C17H27N3. The summed E-state index contributed by atoms with van der Waals surface area (Å²) in [5.74, 6) is 0. The monoisotopic (exact) mass is 273 g/mol. The molecule has 0 unspecified atom stereocenters. The number of nitrogens with zero attached hydrogens (tertiary/aromatic N) is 2. The molecule has 0 radical (unpaired) electrons. The lowest BCUT2D eigenvalue weighted by Gasteiger charge is -2.33. The Morgan fingerprint density at radius 3 is 2.75 bits per heavy atom. The zero-order valence-electron chi connectivity index (χ0n) is 13.0. The molecule has 1 aromatic heterocycles. The van der Waals surface area contributed by atoms with Gasteiger partial charge in [0.2, 0.25) is 0 Å². The summed E-state index contributed by atoms with van der Waals surface area (Å²) in [5.41, 5.74) is 2.55. The van der Waals surface area contributed by atoms with Crippen LogP contribution in [-0.2, 0) is 0 Å². The third-order valence-electron chi connectivity index (χ3n) is 3.96. The fourth-order valence-corrected chi connectivity index (χ4v) is 2.66. The topological polar surface area (TPSA) is 28.2 Å². The van der Waals surface area contributed by atoms with Crippen LogP contribution in [0.3, 0.4) is 0 Å². The lowest BCUT2D eigenvalue weighted by Crippen LogP contribution is -2.43. The van der Waals surface area contributed by atoms with E-state index < -0.39 is 0 Å². The minimum atomic E-state index is 0.338. The highest BCUT2D eigenvalue weighted by Crippen LogP contribution is 2.16. The summed E-state index contributed by atoms with van der Waals surface area (Å²) in [4.78, 5) is 6.97. The van der Waals surface area contributed by atoms with Crippen molar-refractivity contribution >= 4 is 0 Å². The zero-order chi connectivity index (χ0) is 14.4. The van der Waals surface area contributed by atoms with Crippen LogP contribution in [0.15, 0.2) is 36.0 Å². The van der Waals surface area contributed by atoms with Gasteiger partial charge in [0.1, 0.15) is 0 Å². The SMILES string of the molecule is CC(C)=CCN1CCC(N[C@@H](C)c2ccccn2)CC1. The van der Waals surface area contributed by atoms with Crippen LogP contribution in [0.25, 0.3) is 0 Å². The maximum absolute atomic E-state index is 4.43. The Morgan fingerprint density at radius 2 is 2.15 bits per heavy atom. The second-order valence-corrected chi connectivity index (χ2v) is 6.00. The van der Waals surface area contributed by atoms with Crippen molar-refractivity contribution in [2.45, 2.75) is 45.7 Å². The molecule has 3 nitrogen and oxygen atoms in total. The summed E-state index contributed by atoms with van der Waals surface area (Å²) < 4.78 is 0. The molecular weight excluding hydrogens is 246 g/mol. The second-order valence-electron chi connectivity index (χ2n) is 6.00. The number of piperidine rings is 1. The Hall–Kier alpha value is -1.19. The Kier molecular flexibility index (Phi) is 5.74. The molecule has 1 fully saturated rings. The largest absolute Gasteiger partial charge is 0.306 e. The van der Waals surface area contributed by atoms with E-state index in [1.165, 1.54) is 31.5 Å². The van der Waals surface area contributed by atoms with Crippen LogP contribution in [-0.4, -0.2) is 35.6 Å². The highest BCUT2D eigenvalue weighted by Gasteiger charge is 2.20. The fourth-order valence-electron chi connectivity index (χ4n) is 2.66. The van der Waals surface area contributed by atoms with Crippen LogP contribution in [0.2, 0.25) is 0 Å². The molecule has 2 rings (SSSR count). The molecule has 0 aromatic carbocycles. The van der Waals surface area contributed by atoms with Crippen LogP contribution in [0.1, 0.15) is 45.3 Å². The maximum atomic E-state index is 4.43. The van der Waals surface area contributed by atoms with Gasteiger partial charge in [-0.25, -0.2) is 0 Å². The fraction of sp³-hybridized carbons (Fsp3) is 0.588. The third kappa shape index (κ3) is 4.73. The van der Waals surface area contributed by atoms with Crippen molar-refractivity contribution in [2.24, 2.45) is 0 Å². The molecule has 1 aromatic rings. The van der Waals surface area contributed by atoms with Gasteiger partial charge < -0.3 is 5.32 Å². The van der Waals surface area contributed by atoms with Crippen molar-refractivity contribution in [1.82, 2.24) is 15.2 Å². The lowest BCUT2D eigenvalue weighted by atomic mass is 10.0. The minimum absolute atomic E-state index is 0.338. The minimum Gasteiger partial charge on any atom is -0.306 e. The van der Waals surface area contributed by atoms with E-state index in [-0.39, 0.29) is 0 Å². The van der Waals surface area contributed by atoms with Crippen LogP contribution < -0.4 is 5.32 Å². The maximum Gasteiger partial charge on any atom is 0.0570 e. The quantitative estimate of drug-likeness (QED) is 0.835. The molecule has 1 aliphatic heterocycles. The van der Waals surface area contributed by atoms with Crippen molar-refractivity contribution in [2.75, 3.05) is 19.6 Å². The number of hydrogen-bond acceptors (Lipinski definition) is 3. The van der Waals surface area contributed by atoms with Gasteiger partial charge in [-0.3, -0.25) is 9.88 Å². The summed E-state index contributed by atoms with van der Waals surface area (Å²) in [7, 11) is 0. The molecule has 110 valence electrons. The van der Waals surface area contributed by atoms with E-state index >= 15 is 0 Å². The Labute approximate surface area is 123 Å². The molecule has 3 heteroatoms. The highest BCUT2D eigenvalue weighted by atomic mass is 15.1. The molecule has 1 saturated heterocycles. The molecule has 2 heterocycles. The van der Waals surface area contributed by atoms with Gasteiger partial charge in [0.15, 0.2) is 0 Å². The molecule has 1 aliphatic rings. The average molecular weight is 273 g/mol. The summed E-state index contributed by atoms with van der Waals surface area (Å²) in [6.45, 7) is 10.0. The number of aromatic nitrogens is 1. The van der Waals surface area contributed by atoms with Crippen molar-refractivity contribution < 1.29 is 0 Å². The molecule has 1 N–H and O–H groups in total. The number of allylic oxidation sites excluding steroid dienone is 1. The summed E-state index contributed by atoms with van der Waals surface area (Å²) in [6, 6.07) is 7.09. The number of hydrogen-bond donors (Lipinski definition) is 1. The average Bonchev–Trinajstić information content (AvgIpc) is 2.47. The van der Waals surface area contributed by atoms with Crippen LogP contribution >= 0.6 is 0 Å². The van der Waals surface area contributed by atoms with Gasteiger partial charge in [-0.05, 0) is 58.8 Å². The first-order valence-electron chi connectivity index (χ1n) is 7.68. The first kappa shape index (κ1) is 15.2. The van der Waals surface area contributed by atoms with Gasteiger partial charge in [0.25, 0.3) is 0 Å². The first-order valence-corrected chi connectivity index (χ1v) is 7.68. The van der Waals surface area contributed by atoms with Gasteiger partial charge in [-0.1, -0.05) is 17.7 Å². The number of likely N-dealkylation sites (tertiary alicyclic amines) is 1.